The number of aliphatic hydroxyl groups excluding tert-OH is 1. The van der Waals surface area contributed by atoms with E-state index in [0.717, 1.165) is 32.1 Å². The molecule has 0 aromatic carbocycles. The highest BCUT2D eigenvalue weighted by Crippen LogP contribution is 2.72. The van der Waals surface area contributed by atoms with Crippen LogP contribution in [0.15, 0.2) is 0 Å². The Morgan fingerprint density at radius 2 is 1.88 bits per heavy atom. The van der Waals surface area contributed by atoms with Crippen LogP contribution in [0, 0.1) is 22.2 Å². The molecule has 1 N–H and O–H groups in total. The quantitative estimate of drug-likeness (QED) is 0.684. The molecule has 0 aromatic rings. The van der Waals surface area contributed by atoms with Crippen LogP contribution < -0.4 is 0 Å². The van der Waals surface area contributed by atoms with Crippen LogP contribution in [0.2, 0.25) is 0 Å². The maximum Gasteiger partial charge on any atom is 0.145 e. The first-order chi connectivity index (χ1) is 7.33. The fraction of sp³-hybridized carbons (Fsp3) is 0.929. The van der Waals surface area contributed by atoms with E-state index >= 15 is 0 Å². The summed E-state index contributed by atoms with van der Waals surface area (Å²) in [5, 5.41) is 10.1. The number of carbonyl (C=O) groups is 1. The topological polar surface area (TPSA) is 37.3 Å². The third-order valence-electron chi connectivity index (χ3n) is 5.87. The van der Waals surface area contributed by atoms with Gasteiger partial charge in [0.1, 0.15) is 5.78 Å². The first-order valence-corrected chi connectivity index (χ1v) is 6.57. The Balaban J connectivity index is 2.14. The number of Topliss-reactive ketones (excluding diaryl/α,β-unsaturated/α-hetero) is 1. The monoisotopic (exact) mass is 222 g/mol. The Morgan fingerprint density at radius 1 is 1.19 bits per heavy atom. The maximum atomic E-state index is 12.8. The van der Waals surface area contributed by atoms with Gasteiger partial charge in [0.2, 0.25) is 0 Å². The van der Waals surface area contributed by atoms with E-state index in [1.165, 1.54) is 0 Å². The van der Waals surface area contributed by atoms with E-state index in [-0.39, 0.29) is 28.3 Å². The molecule has 0 aromatic heterocycles. The van der Waals surface area contributed by atoms with Crippen LogP contribution in [-0.2, 0) is 4.79 Å². The van der Waals surface area contributed by atoms with Crippen molar-refractivity contribution in [3.8, 4) is 0 Å². The van der Waals surface area contributed by atoms with Crippen molar-refractivity contribution in [2.45, 2.75) is 59.0 Å². The van der Waals surface area contributed by atoms with Crippen molar-refractivity contribution in [1.82, 2.24) is 0 Å². The summed E-state index contributed by atoms with van der Waals surface area (Å²) >= 11 is 0. The maximum absolute atomic E-state index is 12.8. The fourth-order valence-electron chi connectivity index (χ4n) is 5.44. The lowest BCUT2D eigenvalue weighted by molar-refractivity contribution is -0.136. The van der Waals surface area contributed by atoms with Crippen molar-refractivity contribution in [2.24, 2.45) is 22.2 Å². The first-order valence-electron chi connectivity index (χ1n) is 6.57. The van der Waals surface area contributed by atoms with E-state index in [2.05, 4.69) is 20.8 Å². The minimum atomic E-state index is -0.223. The molecule has 2 heteroatoms. The number of hydrogen-bond acceptors (Lipinski definition) is 2. The molecule has 0 saturated heterocycles. The van der Waals surface area contributed by atoms with Gasteiger partial charge in [-0.3, -0.25) is 4.79 Å². The third-order valence-corrected chi connectivity index (χ3v) is 5.87. The van der Waals surface area contributed by atoms with Crippen molar-refractivity contribution in [3.05, 3.63) is 0 Å². The Labute approximate surface area is 97.4 Å². The van der Waals surface area contributed by atoms with Gasteiger partial charge in [-0.2, -0.15) is 0 Å². The smallest absolute Gasteiger partial charge is 0.145 e. The van der Waals surface area contributed by atoms with Gasteiger partial charge in [0.15, 0.2) is 0 Å². The summed E-state index contributed by atoms with van der Waals surface area (Å²) in [4.78, 5) is 12.8. The number of aliphatic hydroxyl groups is 1. The van der Waals surface area contributed by atoms with Crippen LogP contribution in [0.1, 0.15) is 52.9 Å². The minimum Gasteiger partial charge on any atom is -0.393 e. The number of carbonyl (C=O) groups excluding carboxylic acids is 1. The molecule has 0 unspecified atom stereocenters. The van der Waals surface area contributed by atoms with E-state index in [0.29, 0.717) is 5.78 Å². The van der Waals surface area contributed by atoms with Gasteiger partial charge in [0.25, 0.3) is 0 Å². The molecule has 0 radical (unpaired) electrons. The Bertz CT molecular complexity index is 360. The van der Waals surface area contributed by atoms with Gasteiger partial charge in [0.05, 0.1) is 6.10 Å². The van der Waals surface area contributed by atoms with Crippen LogP contribution >= 0.6 is 0 Å². The van der Waals surface area contributed by atoms with Gasteiger partial charge in [-0.25, -0.2) is 0 Å². The van der Waals surface area contributed by atoms with Gasteiger partial charge >= 0.3 is 0 Å². The van der Waals surface area contributed by atoms with E-state index in [1.54, 1.807) is 0 Å². The zero-order valence-electron chi connectivity index (χ0n) is 10.5. The largest absolute Gasteiger partial charge is 0.393 e. The second kappa shape index (κ2) is 2.72. The zero-order valence-corrected chi connectivity index (χ0v) is 10.5. The van der Waals surface area contributed by atoms with E-state index in [1.807, 2.05) is 0 Å². The lowest BCUT2D eigenvalue weighted by Gasteiger charge is -2.36. The molecular formula is C14H22O2. The van der Waals surface area contributed by atoms with Crippen LogP contribution in [0.3, 0.4) is 0 Å². The summed E-state index contributed by atoms with van der Waals surface area (Å²) in [6.45, 7) is 6.47. The van der Waals surface area contributed by atoms with Crippen LogP contribution in [0.5, 0.6) is 0 Å². The lowest BCUT2D eigenvalue weighted by atomic mass is 9.66. The van der Waals surface area contributed by atoms with Gasteiger partial charge in [-0.15, -0.1) is 0 Å². The SMILES string of the molecule is CC1(C)C[C@]2(C)CC[C@H]3[C@@H](O)CC[C@]32C1=O. The molecular weight excluding hydrogens is 200 g/mol. The molecule has 90 valence electrons. The third kappa shape index (κ3) is 0.919. The molecule has 0 heterocycles. The van der Waals surface area contributed by atoms with Gasteiger partial charge in [-0.1, -0.05) is 20.8 Å². The summed E-state index contributed by atoms with van der Waals surface area (Å²) in [5.41, 5.74) is -0.177. The molecule has 3 rings (SSSR count). The van der Waals surface area contributed by atoms with Crippen molar-refractivity contribution >= 4 is 5.78 Å². The van der Waals surface area contributed by atoms with E-state index < -0.39 is 0 Å². The van der Waals surface area contributed by atoms with E-state index in [9.17, 15) is 9.90 Å². The van der Waals surface area contributed by atoms with Gasteiger partial charge in [-0.05, 0) is 43.4 Å². The molecule has 0 aliphatic heterocycles. The second-order valence-electron chi connectivity index (χ2n) is 7.17. The molecule has 0 amide bonds. The molecule has 3 aliphatic rings. The molecule has 3 saturated carbocycles. The predicted octanol–water partition coefficient (Wildman–Crippen LogP) is 2.54. The summed E-state index contributed by atoms with van der Waals surface area (Å²) in [6.07, 6.45) is 4.74. The highest BCUT2D eigenvalue weighted by Gasteiger charge is 2.72. The number of rotatable bonds is 0. The fourth-order valence-corrected chi connectivity index (χ4v) is 5.44. The average Bonchev–Trinajstić information content (AvgIpc) is 2.68. The summed E-state index contributed by atoms with van der Waals surface area (Å²) in [6, 6.07) is 0. The van der Waals surface area contributed by atoms with Crippen molar-refractivity contribution in [3.63, 3.8) is 0 Å². The normalized spacial score (nSPS) is 54.1. The van der Waals surface area contributed by atoms with Crippen molar-refractivity contribution in [1.29, 1.82) is 0 Å². The molecule has 4 atom stereocenters. The predicted molar refractivity (Wildman–Crippen MR) is 61.9 cm³/mol. The highest BCUT2D eigenvalue weighted by molar-refractivity contribution is 5.94. The van der Waals surface area contributed by atoms with Crippen LogP contribution in [0.25, 0.3) is 0 Å². The first kappa shape index (κ1) is 10.8. The Morgan fingerprint density at radius 3 is 2.56 bits per heavy atom. The average molecular weight is 222 g/mol. The minimum absolute atomic E-state index is 0.162. The zero-order chi connectivity index (χ0) is 11.8. The summed E-state index contributed by atoms with van der Waals surface area (Å²) in [5.74, 6) is 0.702. The molecule has 16 heavy (non-hydrogen) atoms. The molecule has 2 nitrogen and oxygen atoms in total. The van der Waals surface area contributed by atoms with E-state index in [4.69, 9.17) is 0 Å². The number of ketones is 1. The molecule has 3 aliphatic carbocycles. The standard InChI is InChI=1S/C14H22O2/c1-12(2)8-13(3)6-4-9-10(15)5-7-14(9,13)11(12)16/h9-10,15H,4-8H2,1-3H3/t9-,10-,13-,14+/m0/s1. The molecule has 1 spiro atoms. The van der Waals surface area contributed by atoms with Gasteiger partial charge < -0.3 is 5.11 Å². The Hall–Kier alpha value is -0.370. The Kier molecular flexibility index (Phi) is 1.83. The van der Waals surface area contributed by atoms with Gasteiger partial charge in [0, 0.05) is 10.8 Å². The highest BCUT2D eigenvalue weighted by atomic mass is 16.3. The van der Waals surface area contributed by atoms with Crippen LogP contribution in [-0.4, -0.2) is 17.0 Å². The second-order valence-corrected chi connectivity index (χ2v) is 7.17. The lowest BCUT2D eigenvalue weighted by Crippen LogP contribution is -2.40. The van der Waals surface area contributed by atoms with Crippen molar-refractivity contribution in [2.75, 3.05) is 0 Å². The molecule has 0 bridgehead atoms. The van der Waals surface area contributed by atoms with Crippen LogP contribution in [0.4, 0.5) is 0 Å². The number of hydrogen-bond donors (Lipinski definition) is 1. The summed E-state index contributed by atoms with van der Waals surface area (Å²) in [7, 11) is 0. The van der Waals surface area contributed by atoms with Crippen molar-refractivity contribution < 1.29 is 9.90 Å². The molecule has 3 fully saturated rings. The summed E-state index contributed by atoms with van der Waals surface area (Å²) < 4.78 is 0.